The minimum Gasteiger partial charge on any atom is -0.254 e. The summed E-state index contributed by atoms with van der Waals surface area (Å²) in [5.41, 5.74) is 0. The molecule has 0 aliphatic carbocycles. The molecule has 0 radical (unpaired) electrons. The second-order valence-electron chi connectivity index (χ2n) is 2.39. The smallest absolute Gasteiger partial charge is 0.0567 e. The SMILES string of the molecule is C/C=C/CS(=O)c1ccccc1. The van der Waals surface area contributed by atoms with Crippen molar-refractivity contribution in [2.75, 3.05) is 5.75 Å². The van der Waals surface area contributed by atoms with Gasteiger partial charge in [0.1, 0.15) is 0 Å². The fourth-order valence-electron chi connectivity index (χ4n) is 0.852. The predicted molar refractivity (Wildman–Crippen MR) is 52.5 cm³/mol. The van der Waals surface area contributed by atoms with Crippen LogP contribution in [0.1, 0.15) is 6.92 Å². The molecule has 1 atom stereocenters. The third-order valence-electron chi connectivity index (χ3n) is 1.49. The van der Waals surface area contributed by atoms with Gasteiger partial charge in [0, 0.05) is 10.6 Å². The lowest BCUT2D eigenvalue weighted by Gasteiger charge is -1.96. The fraction of sp³-hybridized carbons (Fsp3) is 0.200. The first-order valence-electron chi connectivity index (χ1n) is 3.89. The second kappa shape index (κ2) is 4.88. The topological polar surface area (TPSA) is 17.1 Å². The maximum absolute atomic E-state index is 11.5. The summed E-state index contributed by atoms with van der Waals surface area (Å²) in [5.74, 6) is 0.612. The highest BCUT2D eigenvalue weighted by Crippen LogP contribution is 2.05. The van der Waals surface area contributed by atoms with E-state index in [4.69, 9.17) is 0 Å². The van der Waals surface area contributed by atoms with Crippen molar-refractivity contribution >= 4 is 10.8 Å². The molecule has 1 nitrogen and oxygen atoms in total. The first kappa shape index (κ1) is 9.20. The lowest BCUT2D eigenvalue weighted by Crippen LogP contribution is -1.93. The molecule has 0 aliphatic heterocycles. The normalized spacial score (nSPS) is 13.4. The molecule has 0 aromatic heterocycles. The van der Waals surface area contributed by atoms with Crippen LogP contribution >= 0.6 is 0 Å². The van der Waals surface area contributed by atoms with E-state index in [-0.39, 0.29) is 0 Å². The van der Waals surface area contributed by atoms with Crippen LogP contribution in [0.15, 0.2) is 47.4 Å². The van der Waals surface area contributed by atoms with Gasteiger partial charge in [-0.15, -0.1) is 0 Å². The molecule has 0 amide bonds. The molecule has 1 aromatic carbocycles. The molecule has 0 bridgehead atoms. The van der Waals surface area contributed by atoms with Crippen molar-refractivity contribution in [3.05, 3.63) is 42.5 Å². The van der Waals surface area contributed by atoms with Gasteiger partial charge >= 0.3 is 0 Å². The molecular weight excluding hydrogens is 168 g/mol. The van der Waals surface area contributed by atoms with Crippen LogP contribution in [0.3, 0.4) is 0 Å². The van der Waals surface area contributed by atoms with Crippen molar-refractivity contribution in [2.45, 2.75) is 11.8 Å². The van der Waals surface area contributed by atoms with E-state index in [9.17, 15) is 4.21 Å². The summed E-state index contributed by atoms with van der Waals surface area (Å²) in [7, 11) is -0.870. The van der Waals surface area contributed by atoms with Gasteiger partial charge in [0.05, 0.1) is 10.8 Å². The standard InChI is InChI=1S/C10H12OS/c1-2-3-9-12(11)10-7-5-4-6-8-10/h2-8H,9H2,1H3/b3-2+. The van der Waals surface area contributed by atoms with Crippen LogP contribution in [0, 0.1) is 0 Å². The Kier molecular flexibility index (Phi) is 3.74. The molecule has 0 N–H and O–H groups in total. The zero-order valence-electron chi connectivity index (χ0n) is 7.07. The van der Waals surface area contributed by atoms with E-state index in [1.54, 1.807) is 0 Å². The highest BCUT2D eigenvalue weighted by atomic mass is 32.2. The van der Waals surface area contributed by atoms with Gasteiger partial charge in [-0.1, -0.05) is 30.4 Å². The summed E-state index contributed by atoms with van der Waals surface area (Å²) < 4.78 is 11.5. The number of allylic oxidation sites excluding steroid dienone is 1. The molecule has 0 heterocycles. The molecule has 0 aliphatic rings. The van der Waals surface area contributed by atoms with E-state index in [1.807, 2.05) is 49.4 Å². The first-order valence-corrected chi connectivity index (χ1v) is 5.21. The van der Waals surface area contributed by atoms with Crippen molar-refractivity contribution < 1.29 is 4.21 Å². The Labute approximate surface area is 75.6 Å². The van der Waals surface area contributed by atoms with Gasteiger partial charge < -0.3 is 0 Å². The molecule has 0 fully saturated rings. The van der Waals surface area contributed by atoms with Gasteiger partial charge in [-0.05, 0) is 19.1 Å². The summed E-state index contributed by atoms with van der Waals surface area (Å²) in [6.45, 7) is 1.93. The zero-order chi connectivity index (χ0) is 8.81. The maximum Gasteiger partial charge on any atom is 0.0567 e. The van der Waals surface area contributed by atoms with Crippen LogP contribution in [-0.2, 0) is 10.8 Å². The molecule has 12 heavy (non-hydrogen) atoms. The van der Waals surface area contributed by atoms with E-state index in [0.717, 1.165) is 4.90 Å². The molecule has 2 heteroatoms. The Morgan fingerprint density at radius 3 is 2.58 bits per heavy atom. The van der Waals surface area contributed by atoms with Crippen LogP contribution in [0.4, 0.5) is 0 Å². The van der Waals surface area contributed by atoms with Crippen molar-refractivity contribution in [1.29, 1.82) is 0 Å². The monoisotopic (exact) mass is 180 g/mol. The Hall–Kier alpha value is -0.890. The summed E-state index contributed by atoms with van der Waals surface area (Å²) in [6.07, 6.45) is 3.84. The van der Waals surface area contributed by atoms with E-state index in [0.29, 0.717) is 5.75 Å². The molecule has 0 saturated heterocycles. The number of hydrogen-bond donors (Lipinski definition) is 0. The highest BCUT2D eigenvalue weighted by molar-refractivity contribution is 7.85. The number of benzene rings is 1. The largest absolute Gasteiger partial charge is 0.254 e. The summed E-state index contributed by atoms with van der Waals surface area (Å²) in [6, 6.07) is 9.52. The highest BCUT2D eigenvalue weighted by Gasteiger charge is 1.98. The fourth-order valence-corrected chi connectivity index (χ4v) is 1.87. The Balaban J connectivity index is 2.66. The molecular formula is C10H12OS. The van der Waals surface area contributed by atoms with E-state index >= 15 is 0 Å². The predicted octanol–water partition coefficient (Wildman–Crippen LogP) is 2.37. The molecule has 0 saturated carbocycles. The van der Waals surface area contributed by atoms with Gasteiger partial charge in [0.25, 0.3) is 0 Å². The molecule has 0 spiro atoms. The summed E-state index contributed by atoms with van der Waals surface area (Å²) >= 11 is 0. The zero-order valence-corrected chi connectivity index (χ0v) is 7.88. The lowest BCUT2D eigenvalue weighted by molar-refractivity contribution is 0.685. The maximum atomic E-state index is 11.5. The number of hydrogen-bond acceptors (Lipinski definition) is 1. The lowest BCUT2D eigenvalue weighted by atomic mass is 10.4. The van der Waals surface area contributed by atoms with E-state index in [2.05, 4.69) is 0 Å². The van der Waals surface area contributed by atoms with E-state index in [1.165, 1.54) is 0 Å². The van der Waals surface area contributed by atoms with Gasteiger partial charge in [-0.25, -0.2) is 0 Å². The summed E-state index contributed by atoms with van der Waals surface area (Å²) in [5, 5.41) is 0. The minimum absolute atomic E-state index is 0.612. The third-order valence-corrected chi connectivity index (χ3v) is 2.78. The Bertz CT molecular complexity index is 277. The van der Waals surface area contributed by atoms with Crippen molar-refractivity contribution in [3.8, 4) is 0 Å². The van der Waals surface area contributed by atoms with Crippen LogP contribution in [-0.4, -0.2) is 9.96 Å². The minimum atomic E-state index is -0.870. The van der Waals surface area contributed by atoms with Gasteiger partial charge in [-0.2, -0.15) is 0 Å². The van der Waals surface area contributed by atoms with Crippen LogP contribution in [0.2, 0.25) is 0 Å². The van der Waals surface area contributed by atoms with Crippen molar-refractivity contribution in [3.63, 3.8) is 0 Å². The van der Waals surface area contributed by atoms with Crippen LogP contribution < -0.4 is 0 Å². The Morgan fingerprint density at radius 2 is 2.00 bits per heavy atom. The first-order chi connectivity index (χ1) is 5.84. The molecule has 64 valence electrons. The average molecular weight is 180 g/mol. The molecule has 1 aromatic rings. The van der Waals surface area contributed by atoms with Gasteiger partial charge in [0.15, 0.2) is 0 Å². The van der Waals surface area contributed by atoms with Crippen LogP contribution in [0.25, 0.3) is 0 Å². The van der Waals surface area contributed by atoms with Crippen LogP contribution in [0.5, 0.6) is 0 Å². The third kappa shape index (κ3) is 2.62. The quantitative estimate of drug-likeness (QED) is 0.653. The van der Waals surface area contributed by atoms with E-state index < -0.39 is 10.8 Å². The Morgan fingerprint density at radius 1 is 1.33 bits per heavy atom. The second-order valence-corrected chi connectivity index (χ2v) is 3.89. The van der Waals surface area contributed by atoms with Gasteiger partial charge in [0.2, 0.25) is 0 Å². The average Bonchev–Trinajstić information content (AvgIpc) is 2.15. The van der Waals surface area contributed by atoms with Gasteiger partial charge in [-0.3, -0.25) is 4.21 Å². The molecule has 1 unspecified atom stereocenters. The molecule has 1 rings (SSSR count). The summed E-state index contributed by atoms with van der Waals surface area (Å²) in [4.78, 5) is 0.899. The number of rotatable bonds is 3. The van der Waals surface area contributed by atoms with Crippen molar-refractivity contribution in [2.24, 2.45) is 0 Å². The van der Waals surface area contributed by atoms with Crippen molar-refractivity contribution in [1.82, 2.24) is 0 Å².